The van der Waals surface area contributed by atoms with Gasteiger partial charge < -0.3 is 40.4 Å². The van der Waals surface area contributed by atoms with Gasteiger partial charge in [0.05, 0.1) is 40.6 Å². The number of methoxy groups -OCH3 is 2. The van der Waals surface area contributed by atoms with E-state index in [2.05, 4.69) is 29.7 Å². The second kappa shape index (κ2) is 14.0. The highest BCUT2D eigenvalue weighted by Crippen LogP contribution is 2.40. The Hall–Kier alpha value is -2.65. The molecule has 0 atom stereocenters. The molecule has 3 rings (SSSR count). The predicted molar refractivity (Wildman–Crippen MR) is 132 cm³/mol. The summed E-state index contributed by atoms with van der Waals surface area (Å²) in [7, 11) is 3.09. The average Bonchev–Trinajstić information content (AvgIpc) is 2.85. The fourth-order valence-electron chi connectivity index (χ4n) is 3.45. The number of ether oxygens (including phenoxy) is 4. The molecule has 5 N–H and O–H groups in total. The standard InChI is InChI=1S/C21H34N8O5S/c1-31-18-17(35-21-24-15(22)14-16(23)25-21)19(32-2)27-20(26-18)29-7-5-28(6-8-29)4-3-10-33-12-13-34-11-9-30/h14,30H,3-13H2,1-2H3,(H4,22,23,24,25). The average molecular weight is 511 g/mol. The van der Waals surface area contributed by atoms with E-state index in [1.165, 1.54) is 17.8 Å². The Morgan fingerprint density at radius 2 is 1.49 bits per heavy atom. The van der Waals surface area contributed by atoms with Crippen LogP contribution in [0.1, 0.15) is 6.42 Å². The van der Waals surface area contributed by atoms with Crippen molar-refractivity contribution in [3.8, 4) is 11.8 Å². The van der Waals surface area contributed by atoms with Crippen LogP contribution in [0.15, 0.2) is 16.1 Å². The summed E-state index contributed by atoms with van der Waals surface area (Å²) < 4.78 is 21.8. The van der Waals surface area contributed by atoms with Crippen molar-refractivity contribution in [1.82, 2.24) is 24.8 Å². The van der Waals surface area contributed by atoms with Gasteiger partial charge in [-0.2, -0.15) is 9.97 Å². The Morgan fingerprint density at radius 1 is 0.886 bits per heavy atom. The summed E-state index contributed by atoms with van der Waals surface area (Å²) >= 11 is 1.18. The third-order valence-corrected chi connectivity index (χ3v) is 6.06. The largest absolute Gasteiger partial charge is 0.480 e. The van der Waals surface area contributed by atoms with E-state index < -0.39 is 0 Å². The van der Waals surface area contributed by atoms with Gasteiger partial charge in [-0.05, 0) is 18.2 Å². The summed E-state index contributed by atoms with van der Waals surface area (Å²) in [5, 5.41) is 9.02. The van der Waals surface area contributed by atoms with Crippen LogP contribution in [0.2, 0.25) is 0 Å². The number of aromatic nitrogens is 4. The van der Waals surface area contributed by atoms with Crippen LogP contribution < -0.4 is 25.8 Å². The molecule has 1 saturated heterocycles. The first-order chi connectivity index (χ1) is 17.0. The van der Waals surface area contributed by atoms with E-state index in [-0.39, 0.29) is 18.2 Å². The Bertz CT molecular complexity index is 887. The number of rotatable bonds is 14. The van der Waals surface area contributed by atoms with Crippen molar-refractivity contribution in [2.24, 2.45) is 0 Å². The Morgan fingerprint density at radius 3 is 2.06 bits per heavy atom. The van der Waals surface area contributed by atoms with Crippen LogP contribution in [0.25, 0.3) is 0 Å². The summed E-state index contributed by atoms with van der Waals surface area (Å²) in [5.41, 5.74) is 11.6. The third-order valence-electron chi connectivity index (χ3n) is 5.14. The first-order valence-corrected chi connectivity index (χ1v) is 12.2. The molecule has 0 bridgehead atoms. The number of hydrogen-bond donors (Lipinski definition) is 3. The summed E-state index contributed by atoms with van der Waals surface area (Å²) in [6.07, 6.45) is 0.945. The number of aliphatic hydroxyl groups excluding tert-OH is 1. The molecule has 0 spiro atoms. The van der Waals surface area contributed by atoms with Gasteiger partial charge >= 0.3 is 0 Å². The van der Waals surface area contributed by atoms with E-state index in [0.29, 0.717) is 54.2 Å². The number of anilines is 3. The first kappa shape index (κ1) is 26.9. The monoisotopic (exact) mass is 510 g/mol. The van der Waals surface area contributed by atoms with Crippen LogP contribution in [-0.2, 0) is 9.47 Å². The minimum Gasteiger partial charge on any atom is -0.480 e. The van der Waals surface area contributed by atoms with E-state index in [1.807, 2.05) is 0 Å². The minimum atomic E-state index is 0.0352. The normalized spacial score (nSPS) is 14.3. The maximum Gasteiger partial charge on any atom is 0.236 e. The zero-order valence-corrected chi connectivity index (χ0v) is 21.0. The van der Waals surface area contributed by atoms with Crippen molar-refractivity contribution in [3.63, 3.8) is 0 Å². The van der Waals surface area contributed by atoms with E-state index in [1.54, 1.807) is 14.2 Å². The molecule has 0 aliphatic carbocycles. The summed E-state index contributed by atoms with van der Waals surface area (Å²) in [6, 6.07) is 1.49. The molecule has 1 aliphatic heterocycles. The van der Waals surface area contributed by atoms with Gasteiger partial charge in [-0.15, -0.1) is 0 Å². The van der Waals surface area contributed by atoms with E-state index >= 15 is 0 Å². The molecule has 0 radical (unpaired) electrons. The molecule has 194 valence electrons. The highest BCUT2D eigenvalue weighted by atomic mass is 32.2. The molecule has 0 unspecified atom stereocenters. The Balaban J connectivity index is 1.54. The van der Waals surface area contributed by atoms with Gasteiger partial charge in [-0.1, -0.05) is 0 Å². The molecule has 3 heterocycles. The fourth-order valence-corrected chi connectivity index (χ4v) is 4.37. The topological polar surface area (TPSA) is 167 Å². The Kier molecular flexibility index (Phi) is 10.8. The van der Waals surface area contributed by atoms with Crippen LogP contribution in [-0.4, -0.2) is 110 Å². The quantitative estimate of drug-likeness (QED) is 0.232. The molecule has 2 aromatic heterocycles. The first-order valence-electron chi connectivity index (χ1n) is 11.4. The van der Waals surface area contributed by atoms with Gasteiger partial charge in [-0.3, -0.25) is 4.90 Å². The van der Waals surface area contributed by atoms with Crippen LogP contribution in [0.3, 0.4) is 0 Å². The van der Waals surface area contributed by atoms with Crippen molar-refractivity contribution in [1.29, 1.82) is 0 Å². The zero-order chi connectivity index (χ0) is 25.0. The van der Waals surface area contributed by atoms with E-state index in [4.69, 9.17) is 35.5 Å². The maximum absolute atomic E-state index is 8.67. The third kappa shape index (κ3) is 8.21. The summed E-state index contributed by atoms with van der Waals surface area (Å²) in [6.45, 7) is 6.41. The van der Waals surface area contributed by atoms with E-state index in [9.17, 15) is 0 Å². The lowest BCUT2D eigenvalue weighted by Gasteiger charge is -2.34. The Labute approximate surface area is 209 Å². The van der Waals surface area contributed by atoms with Crippen molar-refractivity contribution in [2.45, 2.75) is 16.5 Å². The lowest BCUT2D eigenvalue weighted by molar-refractivity contribution is 0.0305. The van der Waals surface area contributed by atoms with Crippen molar-refractivity contribution < 1.29 is 24.1 Å². The minimum absolute atomic E-state index is 0.0352. The number of aliphatic hydroxyl groups is 1. The number of nitrogens with zero attached hydrogens (tertiary/aromatic N) is 6. The van der Waals surface area contributed by atoms with E-state index in [0.717, 1.165) is 39.1 Å². The molecule has 0 saturated carbocycles. The van der Waals surface area contributed by atoms with Crippen LogP contribution >= 0.6 is 11.8 Å². The second-order valence-corrected chi connectivity index (χ2v) is 8.58. The van der Waals surface area contributed by atoms with Gasteiger partial charge in [0.1, 0.15) is 16.5 Å². The molecule has 0 aromatic carbocycles. The van der Waals surface area contributed by atoms with Crippen molar-refractivity contribution >= 4 is 29.3 Å². The molecular formula is C21H34N8O5S. The molecule has 1 aliphatic rings. The maximum atomic E-state index is 8.67. The van der Waals surface area contributed by atoms with Gasteiger partial charge in [0.2, 0.25) is 17.7 Å². The number of nitrogen functional groups attached to an aromatic ring is 2. The lowest BCUT2D eigenvalue weighted by atomic mass is 10.3. The number of nitrogens with two attached hydrogens (primary N) is 2. The zero-order valence-electron chi connectivity index (χ0n) is 20.2. The number of piperazine rings is 1. The lowest BCUT2D eigenvalue weighted by Crippen LogP contribution is -2.47. The molecule has 1 fully saturated rings. The van der Waals surface area contributed by atoms with Crippen LogP contribution in [0.4, 0.5) is 17.6 Å². The fraction of sp³-hybridized carbons (Fsp3) is 0.619. The van der Waals surface area contributed by atoms with Gasteiger partial charge in [-0.25, -0.2) is 9.97 Å². The van der Waals surface area contributed by atoms with Gasteiger partial charge in [0.15, 0.2) is 5.16 Å². The summed E-state index contributed by atoms with van der Waals surface area (Å²) in [4.78, 5) is 22.7. The predicted octanol–water partition coefficient (Wildman–Crippen LogP) is 0.137. The van der Waals surface area contributed by atoms with Gasteiger partial charge in [0, 0.05) is 45.4 Å². The van der Waals surface area contributed by atoms with Gasteiger partial charge in [0.25, 0.3) is 0 Å². The second-order valence-electron chi connectivity index (χ2n) is 7.60. The molecule has 14 heteroatoms. The number of hydrogen-bond acceptors (Lipinski definition) is 14. The highest BCUT2D eigenvalue weighted by Gasteiger charge is 2.24. The summed E-state index contributed by atoms with van der Waals surface area (Å²) in [5.74, 6) is 1.81. The molecule has 13 nitrogen and oxygen atoms in total. The van der Waals surface area contributed by atoms with Crippen LogP contribution in [0, 0.1) is 0 Å². The molecule has 2 aromatic rings. The molecular weight excluding hydrogens is 476 g/mol. The molecule has 0 amide bonds. The van der Waals surface area contributed by atoms with Crippen LogP contribution in [0.5, 0.6) is 11.8 Å². The molecule has 35 heavy (non-hydrogen) atoms. The van der Waals surface area contributed by atoms with Crippen molar-refractivity contribution in [2.75, 3.05) is 96.3 Å². The van der Waals surface area contributed by atoms with Crippen molar-refractivity contribution in [3.05, 3.63) is 6.07 Å². The highest BCUT2D eigenvalue weighted by molar-refractivity contribution is 7.99. The SMILES string of the molecule is COc1nc(N2CCN(CCCOCCOCCO)CC2)nc(OC)c1Sc1nc(N)cc(N)n1. The smallest absolute Gasteiger partial charge is 0.236 e.